The van der Waals surface area contributed by atoms with Crippen molar-refractivity contribution >= 4 is 17.9 Å². The number of nitrogens with one attached hydrogen (secondary N) is 1. The predicted molar refractivity (Wildman–Crippen MR) is 68.6 cm³/mol. The number of hydrogen-bond acceptors (Lipinski definition) is 7. The summed E-state index contributed by atoms with van der Waals surface area (Å²) in [6, 6.07) is 2.55. The summed E-state index contributed by atoms with van der Waals surface area (Å²) in [5.41, 5.74) is 7.02. The van der Waals surface area contributed by atoms with Crippen LogP contribution in [0.4, 0.5) is 5.69 Å². The van der Waals surface area contributed by atoms with Crippen molar-refractivity contribution in [3.05, 3.63) is 37.9 Å². The maximum atomic E-state index is 11.0. The molecule has 21 heavy (non-hydrogen) atoms. The monoisotopic (exact) mass is 296 g/mol. The molecule has 1 aliphatic heterocycles. The minimum absolute atomic E-state index is 0.0340. The Morgan fingerprint density at radius 1 is 1.33 bits per heavy atom. The number of nitro groups is 2. The van der Waals surface area contributed by atoms with E-state index in [2.05, 4.69) is 15.6 Å². The number of hydrazone groups is 2. The normalized spacial score (nSPS) is 13.4. The minimum atomic E-state index is -1.01. The molecule has 0 fully saturated rings. The van der Waals surface area contributed by atoms with Gasteiger partial charge < -0.3 is 15.2 Å². The molecule has 0 amide bonds. The molecule has 2 rings (SSSR count). The fraction of sp³-hybridized carbons (Fsp3) is 0.111. The van der Waals surface area contributed by atoms with Crippen molar-refractivity contribution in [2.24, 2.45) is 15.9 Å². The van der Waals surface area contributed by atoms with Crippen LogP contribution in [0.5, 0.6) is 11.5 Å². The highest BCUT2D eigenvalue weighted by molar-refractivity contribution is 5.88. The largest absolute Gasteiger partial charge is 0.454 e. The van der Waals surface area contributed by atoms with Gasteiger partial charge in [-0.2, -0.15) is 5.10 Å². The van der Waals surface area contributed by atoms with Gasteiger partial charge in [0, 0.05) is 0 Å². The molecule has 0 saturated heterocycles. The first-order valence-corrected chi connectivity index (χ1v) is 5.33. The predicted octanol–water partition coefficient (Wildman–Crippen LogP) is -0.247. The van der Waals surface area contributed by atoms with Crippen molar-refractivity contribution in [1.29, 1.82) is 0 Å². The van der Waals surface area contributed by atoms with E-state index < -0.39 is 15.9 Å². The first kappa shape index (κ1) is 14.0. The lowest BCUT2D eigenvalue weighted by atomic mass is 10.1. The fourth-order valence-corrected chi connectivity index (χ4v) is 1.49. The van der Waals surface area contributed by atoms with Gasteiger partial charge in [-0.05, 0) is 6.07 Å². The summed E-state index contributed by atoms with van der Waals surface area (Å²) in [4.78, 5) is 20.4. The van der Waals surface area contributed by atoms with Crippen molar-refractivity contribution in [2.75, 3.05) is 6.79 Å². The smallest absolute Gasteiger partial charge is 0.286 e. The van der Waals surface area contributed by atoms with E-state index in [1.807, 2.05) is 0 Å². The molecule has 110 valence electrons. The third-order valence-corrected chi connectivity index (χ3v) is 2.29. The van der Waals surface area contributed by atoms with E-state index in [1.54, 1.807) is 0 Å². The first-order chi connectivity index (χ1) is 9.97. The van der Waals surface area contributed by atoms with E-state index in [4.69, 9.17) is 15.2 Å². The summed E-state index contributed by atoms with van der Waals surface area (Å²) >= 11 is 0. The van der Waals surface area contributed by atoms with E-state index in [0.29, 0.717) is 5.75 Å². The molecule has 1 aromatic rings. The molecule has 1 aromatic carbocycles. The van der Waals surface area contributed by atoms with Crippen molar-refractivity contribution in [1.82, 2.24) is 5.43 Å². The number of ether oxygens (including phenoxy) is 2. The highest BCUT2D eigenvalue weighted by atomic mass is 16.7. The molecule has 0 aromatic heterocycles. The Hall–Kier alpha value is -3.44. The molecule has 12 heteroatoms. The molecule has 0 unspecified atom stereocenters. The van der Waals surface area contributed by atoms with Gasteiger partial charge in [0.05, 0.1) is 22.8 Å². The molecular formula is C9H8N6O6. The van der Waals surface area contributed by atoms with Crippen LogP contribution in [0.25, 0.3) is 0 Å². The quantitative estimate of drug-likeness (QED) is 0.332. The molecular weight excluding hydrogens is 288 g/mol. The average Bonchev–Trinajstić information content (AvgIpc) is 2.83. The second-order valence-electron chi connectivity index (χ2n) is 3.61. The SMILES string of the molecule is N/C(=N\[N+](=O)[O-])N/N=C/c1cc2c(cc1[N+](=O)[O-])OCO2. The van der Waals surface area contributed by atoms with Crippen molar-refractivity contribution in [3.8, 4) is 11.5 Å². The molecule has 1 aliphatic rings. The van der Waals surface area contributed by atoms with Gasteiger partial charge in [-0.3, -0.25) is 10.1 Å². The lowest BCUT2D eigenvalue weighted by molar-refractivity contribution is -0.485. The highest BCUT2D eigenvalue weighted by Gasteiger charge is 2.22. The van der Waals surface area contributed by atoms with Gasteiger partial charge in [0.15, 0.2) is 16.5 Å². The van der Waals surface area contributed by atoms with Crippen LogP contribution in [0.15, 0.2) is 22.3 Å². The fourth-order valence-electron chi connectivity index (χ4n) is 1.49. The van der Waals surface area contributed by atoms with E-state index in [9.17, 15) is 20.2 Å². The van der Waals surface area contributed by atoms with Gasteiger partial charge in [-0.1, -0.05) is 0 Å². The average molecular weight is 296 g/mol. The van der Waals surface area contributed by atoms with Crippen LogP contribution in [-0.4, -0.2) is 28.9 Å². The Bertz CT molecular complexity index is 656. The molecule has 12 nitrogen and oxygen atoms in total. The van der Waals surface area contributed by atoms with E-state index in [0.717, 1.165) is 6.21 Å². The summed E-state index contributed by atoms with van der Waals surface area (Å²) < 4.78 is 10.1. The Morgan fingerprint density at radius 2 is 2.00 bits per heavy atom. The number of nitrogens with two attached hydrogens (primary N) is 1. The zero-order chi connectivity index (χ0) is 15.4. The number of nitrogens with zero attached hydrogens (tertiary/aromatic N) is 4. The first-order valence-electron chi connectivity index (χ1n) is 5.33. The van der Waals surface area contributed by atoms with Gasteiger partial charge in [-0.15, -0.1) is 0 Å². The lowest BCUT2D eigenvalue weighted by Gasteiger charge is -2.00. The van der Waals surface area contributed by atoms with Gasteiger partial charge >= 0.3 is 0 Å². The maximum Gasteiger partial charge on any atom is 0.286 e. The highest BCUT2D eigenvalue weighted by Crippen LogP contribution is 2.37. The Labute approximate surface area is 116 Å². The number of hydrogen-bond donors (Lipinski definition) is 2. The molecule has 0 saturated carbocycles. The Balaban J connectivity index is 2.23. The summed E-state index contributed by atoms with van der Waals surface area (Å²) in [7, 11) is 0. The van der Waals surface area contributed by atoms with Crippen LogP contribution in [0, 0.1) is 20.2 Å². The Morgan fingerprint density at radius 3 is 2.62 bits per heavy atom. The van der Waals surface area contributed by atoms with Crippen LogP contribution >= 0.6 is 0 Å². The number of rotatable bonds is 4. The molecule has 0 spiro atoms. The standard InChI is InChI=1S/C9H8N6O6/c10-9(13-15(18)19)12-11-3-5-1-7-8(21-4-20-7)2-6(5)14(16)17/h1-3H,4H2,(H3,10,12,13)/b11-3+. The number of guanidine groups is 1. The topological polar surface area (TPSA) is 168 Å². The summed E-state index contributed by atoms with van der Waals surface area (Å²) in [5.74, 6) is 0.00913. The van der Waals surface area contributed by atoms with Crippen LogP contribution < -0.4 is 20.6 Å². The minimum Gasteiger partial charge on any atom is -0.454 e. The second-order valence-corrected chi connectivity index (χ2v) is 3.61. The molecule has 3 N–H and O–H groups in total. The molecule has 0 bridgehead atoms. The zero-order valence-electron chi connectivity index (χ0n) is 10.3. The summed E-state index contributed by atoms with van der Waals surface area (Å²) in [6.07, 6.45) is 1.06. The lowest BCUT2D eigenvalue weighted by Crippen LogP contribution is -2.28. The van der Waals surface area contributed by atoms with Crippen LogP contribution in [0.2, 0.25) is 0 Å². The molecule has 0 radical (unpaired) electrons. The summed E-state index contributed by atoms with van der Waals surface area (Å²) in [5, 5.41) is 26.2. The number of benzene rings is 1. The molecule has 1 heterocycles. The van der Waals surface area contributed by atoms with E-state index in [1.165, 1.54) is 12.1 Å². The number of fused-ring (bicyclic) bond motifs is 1. The number of nitro benzene ring substituents is 1. The molecule has 0 atom stereocenters. The van der Waals surface area contributed by atoms with Crippen molar-refractivity contribution < 1.29 is 19.4 Å². The molecule has 0 aliphatic carbocycles. The van der Waals surface area contributed by atoms with Crippen LogP contribution in [0.3, 0.4) is 0 Å². The van der Waals surface area contributed by atoms with Gasteiger partial charge in [-0.25, -0.2) is 15.5 Å². The Kier molecular flexibility index (Phi) is 3.78. The van der Waals surface area contributed by atoms with Gasteiger partial charge in [0.1, 0.15) is 5.10 Å². The van der Waals surface area contributed by atoms with Crippen LogP contribution in [0.1, 0.15) is 5.56 Å². The summed E-state index contributed by atoms with van der Waals surface area (Å²) in [6.45, 7) is -0.0340. The van der Waals surface area contributed by atoms with Crippen LogP contribution in [-0.2, 0) is 0 Å². The van der Waals surface area contributed by atoms with Crippen molar-refractivity contribution in [2.45, 2.75) is 0 Å². The van der Waals surface area contributed by atoms with E-state index in [-0.39, 0.29) is 23.8 Å². The zero-order valence-corrected chi connectivity index (χ0v) is 10.3. The second kappa shape index (κ2) is 5.68. The van der Waals surface area contributed by atoms with Crippen molar-refractivity contribution in [3.63, 3.8) is 0 Å². The van der Waals surface area contributed by atoms with Gasteiger partial charge in [0.25, 0.3) is 11.6 Å². The van der Waals surface area contributed by atoms with E-state index >= 15 is 0 Å². The van der Waals surface area contributed by atoms with Gasteiger partial charge in [0.2, 0.25) is 6.79 Å². The maximum absolute atomic E-state index is 11.0. The third kappa shape index (κ3) is 3.31. The third-order valence-electron chi connectivity index (χ3n) is 2.29.